The van der Waals surface area contributed by atoms with Gasteiger partial charge in [-0.1, -0.05) is 36.4 Å². The van der Waals surface area contributed by atoms with Gasteiger partial charge in [-0.25, -0.2) is 14.5 Å². The lowest BCUT2D eigenvalue weighted by molar-refractivity contribution is -0.120. The Morgan fingerprint density at radius 1 is 1.00 bits per heavy atom. The summed E-state index contributed by atoms with van der Waals surface area (Å²) in [5, 5.41) is 13.6. The van der Waals surface area contributed by atoms with Gasteiger partial charge in [0.1, 0.15) is 6.04 Å². The van der Waals surface area contributed by atoms with E-state index in [1.54, 1.807) is 40.1 Å². The summed E-state index contributed by atoms with van der Waals surface area (Å²) in [5.74, 6) is -0.292. The van der Waals surface area contributed by atoms with Crippen LogP contribution in [-0.4, -0.2) is 52.4 Å². The molecular weight excluding hydrogens is 418 g/mol. The topological polar surface area (TPSA) is 96.7 Å². The van der Waals surface area contributed by atoms with Gasteiger partial charge >= 0.3 is 12.1 Å². The highest BCUT2D eigenvalue weighted by atomic mass is 16.2. The average molecular weight is 437 g/mol. The number of rotatable bonds is 2. The molecule has 3 aromatic carbocycles. The Morgan fingerprint density at radius 2 is 1.76 bits per heavy atom. The summed E-state index contributed by atoms with van der Waals surface area (Å²) >= 11 is 0. The number of imide groups is 1. The first kappa shape index (κ1) is 19.3. The summed E-state index contributed by atoms with van der Waals surface area (Å²) in [6.07, 6.45) is 0.590. The van der Waals surface area contributed by atoms with Crippen molar-refractivity contribution in [3.05, 3.63) is 72.3 Å². The summed E-state index contributed by atoms with van der Waals surface area (Å²) in [6, 6.07) is 20.0. The van der Waals surface area contributed by atoms with Gasteiger partial charge in [0.05, 0.1) is 29.4 Å². The SMILES string of the molecule is N#Cc1ccc(NC(=O)N2C[C@H]3CC2[C@H]2C(=O)N(c4cccc5ccccc45)C(=O)N32)cc1. The number of nitrogens with one attached hydrogen (secondary N) is 1. The molecule has 8 nitrogen and oxygen atoms in total. The van der Waals surface area contributed by atoms with Gasteiger partial charge in [-0.05, 0) is 42.1 Å². The van der Waals surface area contributed by atoms with Gasteiger partial charge < -0.3 is 15.1 Å². The van der Waals surface area contributed by atoms with Gasteiger partial charge in [-0.3, -0.25) is 4.79 Å². The number of fused-ring (bicyclic) bond motifs is 6. The first-order valence-electron chi connectivity index (χ1n) is 10.8. The normalized spacial score (nSPS) is 23.2. The molecule has 3 saturated heterocycles. The molecule has 0 spiro atoms. The van der Waals surface area contributed by atoms with Crippen molar-refractivity contribution >= 4 is 40.1 Å². The van der Waals surface area contributed by atoms with E-state index in [4.69, 9.17) is 5.26 Å². The van der Waals surface area contributed by atoms with Crippen molar-refractivity contribution in [2.75, 3.05) is 16.8 Å². The van der Waals surface area contributed by atoms with Crippen molar-refractivity contribution in [2.24, 2.45) is 0 Å². The molecule has 1 unspecified atom stereocenters. The fourth-order valence-electron chi connectivity index (χ4n) is 5.34. The number of urea groups is 2. The molecule has 6 rings (SSSR count). The number of carbonyl (C=O) groups excluding carboxylic acids is 3. The van der Waals surface area contributed by atoms with E-state index in [0.29, 0.717) is 29.9 Å². The van der Waals surface area contributed by atoms with Crippen molar-refractivity contribution in [1.29, 1.82) is 5.26 Å². The lowest BCUT2D eigenvalue weighted by Crippen LogP contribution is -2.55. The third kappa shape index (κ3) is 2.79. The second kappa shape index (κ2) is 7.07. The molecule has 3 atom stereocenters. The molecule has 3 fully saturated rings. The molecule has 33 heavy (non-hydrogen) atoms. The van der Waals surface area contributed by atoms with Crippen LogP contribution in [0.1, 0.15) is 12.0 Å². The first-order chi connectivity index (χ1) is 16.1. The second-order valence-corrected chi connectivity index (χ2v) is 8.54. The molecule has 5 amide bonds. The summed E-state index contributed by atoms with van der Waals surface area (Å²) in [6.45, 7) is 0.381. The molecule has 2 bridgehead atoms. The van der Waals surface area contributed by atoms with Crippen LogP contribution in [0, 0.1) is 11.3 Å². The van der Waals surface area contributed by atoms with E-state index < -0.39 is 6.04 Å². The highest BCUT2D eigenvalue weighted by Crippen LogP contribution is 2.43. The van der Waals surface area contributed by atoms with Crippen molar-refractivity contribution in [3.8, 4) is 6.07 Å². The molecule has 0 aliphatic carbocycles. The number of benzene rings is 3. The summed E-state index contributed by atoms with van der Waals surface area (Å²) in [7, 11) is 0. The Labute approximate surface area is 189 Å². The molecule has 8 heteroatoms. The molecule has 1 N–H and O–H groups in total. The predicted octanol–water partition coefficient (Wildman–Crippen LogP) is 3.54. The standard InChI is InChI=1S/C25H19N5O3/c26-13-15-8-10-17(11-9-15)27-24(32)28-14-18-12-21(28)22-23(31)30(25(33)29(18)22)20-7-3-5-16-4-1-2-6-19(16)20/h1-11,18,21-22H,12,14H2,(H,27,32)/t18-,21?,22+/m1/s1. The number of carbonyl (C=O) groups is 3. The number of nitriles is 1. The van der Waals surface area contributed by atoms with Crippen molar-refractivity contribution in [2.45, 2.75) is 24.5 Å². The zero-order chi connectivity index (χ0) is 22.7. The molecule has 3 aliphatic rings. The molecule has 3 heterocycles. The summed E-state index contributed by atoms with van der Waals surface area (Å²) in [4.78, 5) is 44.4. The minimum Gasteiger partial charge on any atom is -0.317 e. The van der Waals surface area contributed by atoms with Crippen LogP contribution in [0.25, 0.3) is 10.8 Å². The molecule has 0 radical (unpaired) electrons. The number of hydrogen-bond acceptors (Lipinski definition) is 4. The maximum atomic E-state index is 13.5. The van der Waals surface area contributed by atoms with Gasteiger partial charge in [0.25, 0.3) is 5.91 Å². The Hall–Kier alpha value is -4.38. The average Bonchev–Trinajstić information content (AvgIpc) is 3.51. The Kier molecular flexibility index (Phi) is 4.14. The molecule has 3 aliphatic heterocycles. The zero-order valence-electron chi connectivity index (χ0n) is 17.5. The Balaban J connectivity index is 1.27. The molecule has 162 valence electrons. The lowest BCUT2D eigenvalue weighted by atomic mass is 10.1. The van der Waals surface area contributed by atoms with Crippen LogP contribution in [0.5, 0.6) is 0 Å². The maximum absolute atomic E-state index is 13.5. The van der Waals surface area contributed by atoms with Crippen LogP contribution < -0.4 is 10.2 Å². The number of amides is 5. The van der Waals surface area contributed by atoms with Crippen LogP contribution in [0.2, 0.25) is 0 Å². The maximum Gasteiger partial charge on any atom is 0.332 e. The van der Waals surface area contributed by atoms with Gasteiger partial charge in [0, 0.05) is 17.6 Å². The van der Waals surface area contributed by atoms with Crippen molar-refractivity contribution < 1.29 is 14.4 Å². The van der Waals surface area contributed by atoms with E-state index in [2.05, 4.69) is 5.32 Å². The number of anilines is 2. The first-order valence-corrected chi connectivity index (χ1v) is 10.8. The van der Waals surface area contributed by atoms with E-state index in [0.717, 1.165) is 10.8 Å². The van der Waals surface area contributed by atoms with Crippen LogP contribution in [0.15, 0.2) is 66.7 Å². The molecule has 0 saturated carbocycles. The summed E-state index contributed by atoms with van der Waals surface area (Å²) in [5.41, 5.74) is 1.66. The molecular formula is C25H19N5O3. The Bertz CT molecular complexity index is 1360. The fourth-order valence-corrected chi connectivity index (χ4v) is 5.34. The Morgan fingerprint density at radius 3 is 2.55 bits per heavy atom. The van der Waals surface area contributed by atoms with Gasteiger partial charge in [-0.2, -0.15) is 5.26 Å². The monoisotopic (exact) mass is 437 g/mol. The molecule has 0 aromatic heterocycles. The summed E-state index contributed by atoms with van der Waals surface area (Å²) < 4.78 is 0. The molecule has 3 aromatic rings. The quantitative estimate of drug-likeness (QED) is 0.620. The van der Waals surface area contributed by atoms with Crippen LogP contribution in [0.3, 0.4) is 0 Å². The minimum atomic E-state index is -0.679. The van der Waals surface area contributed by atoms with Crippen molar-refractivity contribution in [3.63, 3.8) is 0 Å². The van der Waals surface area contributed by atoms with E-state index in [-0.39, 0.29) is 30.1 Å². The number of piperazine rings is 1. The van der Waals surface area contributed by atoms with Crippen LogP contribution >= 0.6 is 0 Å². The fraction of sp³-hybridized carbons (Fsp3) is 0.200. The van der Waals surface area contributed by atoms with Crippen LogP contribution in [-0.2, 0) is 4.79 Å². The van der Waals surface area contributed by atoms with Gasteiger partial charge in [0.2, 0.25) is 0 Å². The second-order valence-electron chi connectivity index (χ2n) is 8.54. The smallest absolute Gasteiger partial charge is 0.317 e. The number of nitrogens with zero attached hydrogens (tertiary/aromatic N) is 4. The van der Waals surface area contributed by atoms with Crippen molar-refractivity contribution in [1.82, 2.24) is 9.80 Å². The van der Waals surface area contributed by atoms with Gasteiger partial charge in [-0.15, -0.1) is 0 Å². The largest absolute Gasteiger partial charge is 0.332 e. The van der Waals surface area contributed by atoms with E-state index >= 15 is 0 Å². The zero-order valence-corrected chi connectivity index (χ0v) is 17.5. The highest BCUT2D eigenvalue weighted by Gasteiger charge is 2.63. The lowest BCUT2D eigenvalue weighted by Gasteiger charge is -2.34. The third-order valence-electron chi connectivity index (χ3n) is 6.80. The van der Waals surface area contributed by atoms with Gasteiger partial charge in [0.15, 0.2) is 0 Å². The third-order valence-corrected chi connectivity index (χ3v) is 6.80. The van der Waals surface area contributed by atoms with E-state index in [1.807, 2.05) is 42.5 Å². The number of likely N-dealkylation sites (tertiary alicyclic amines) is 1. The number of hydrogen-bond donors (Lipinski definition) is 1. The van der Waals surface area contributed by atoms with E-state index in [9.17, 15) is 14.4 Å². The highest BCUT2D eigenvalue weighted by molar-refractivity contribution is 6.25. The minimum absolute atomic E-state index is 0.192. The van der Waals surface area contributed by atoms with Crippen LogP contribution in [0.4, 0.5) is 21.0 Å². The van der Waals surface area contributed by atoms with E-state index in [1.165, 1.54) is 4.90 Å². The predicted molar refractivity (Wildman–Crippen MR) is 122 cm³/mol.